The number of esters is 1. The number of ether oxygens (including phenoxy) is 3. The Labute approximate surface area is 175 Å². The normalized spacial score (nSPS) is 20.8. The Morgan fingerprint density at radius 3 is 2.60 bits per heavy atom. The largest absolute Gasteiger partial charge is 0.493 e. The first-order valence-corrected chi connectivity index (χ1v) is 10.4. The van der Waals surface area contributed by atoms with Crippen molar-refractivity contribution < 1.29 is 28.7 Å². The number of nitro benzene ring substituents is 1. The Morgan fingerprint density at radius 2 is 1.90 bits per heavy atom. The summed E-state index contributed by atoms with van der Waals surface area (Å²) in [4.78, 5) is 37.9. The van der Waals surface area contributed by atoms with Gasteiger partial charge in [0.2, 0.25) is 0 Å². The standard InChI is InChI=1S/C21H28N2O7/c1-3-29-19-12-17(23(26)27)15(11-18(19)28-2)21(25)30-13-20(24)22-10-6-8-14-7-4-5-9-16(14)22/h11-12,14,16H,3-10,13H2,1-2H3/t14-,16-/m0/s1. The molecular formula is C21H28N2O7. The van der Waals surface area contributed by atoms with Crippen LogP contribution in [0.1, 0.15) is 55.8 Å². The maximum atomic E-state index is 12.7. The summed E-state index contributed by atoms with van der Waals surface area (Å²) in [7, 11) is 1.37. The SMILES string of the molecule is CCOc1cc([N+](=O)[O-])c(C(=O)OCC(=O)N2CCC[C@@H]3CCCC[C@@H]32)cc1OC. The summed E-state index contributed by atoms with van der Waals surface area (Å²) in [5.41, 5.74) is -0.732. The Hall–Kier alpha value is -2.84. The third-order valence-electron chi connectivity index (χ3n) is 5.89. The molecule has 1 aliphatic heterocycles. The zero-order valence-corrected chi connectivity index (χ0v) is 17.4. The molecule has 1 aliphatic carbocycles. The van der Waals surface area contributed by atoms with E-state index in [4.69, 9.17) is 14.2 Å². The van der Waals surface area contributed by atoms with Crippen LogP contribution >= 0.6 is 0 Å². The molecule has 2 atom stereocenters. The van der Waals surface area contributed by atoms with Crippen LogP contribution in [-0.4, -0.2) is 54.6 Å². The van der Waals surface area contributed by atoms with E-state index in [9.17, 15) is 19.7 Å². The Bertz CT molecular complexity index is 809. The number of carbonyl (C=O) groups is 2. The molecule has 9 nitrogen and oxygen atoms in total. The van der Waals surface area contributed by atoms with Gasteiger partial charge in [-0.1, -0.05) is 12.8 Å². The zero-order valence-electron chi connectivity index (χ0n) is 17.4. The van der Waals surface area contributed by atoms with Gasteiger partial charge < -0.3 is 19.1 Å². The maximum absolute atomic E-state index is 12.7. The monoisotopic (exact) mass is 420 g/mol. The molecule has 164 valence electrons. The average molecular weight is 420 g/mol. The molecule has 0 radical (unpaired) electrons. The summed E-state index contributed by atoms with van der Waals surface area (Å²) in [6, 6.07) is 2.56. The van der Waals surface area contributed by atoms with Crippen LogP contribution in [0, 0.1) is 16.0 Å². The van der Waals surface area contributed by atoms with Crippen molar-refractivity contribution in [1.82, 2.24) is 4.90 Å². The highest BCUT2D eigenvalue weighted by atomic mass is 16.6. The first-order chi connectivity index (χ1) is 14.5. The van der Waals surface area contributed by atoms with E-state index >= 15 is 0 Å². The van der Waals surface area contributed by atoms with Crippen molar-refractivity contribution in [1.29, 1.82) is 0 Å². The maximum Gasteiger partial charge on any atom is 0.345 e. The van der Waals surface area contributed by atoms with Gasteiger partial charge in [0.05, 0.1) is 24.7 Å². The van der Waals surface area contributed by atoms with E-state index < -0.39 is 23.2 Å². The second-order valence-corrected chi connectivity index (χ2v) is 7.63. The third-order valence-corrected chi connectivity index (χ3v) is 5.89. The number of nitro groups is 1. The minimum absolute atomic E-state index is 0.163. The Morgan fingerprint density at radius 1 is 1.17 bits per heavy atom. The van der Waals surface area contributed by atoms with Crippen LogP contribution in [-0.2, 0) is 9.53 Å². The van der Waals surface area contributed by atoms with E-state index in [1.807, 2.05) is 4.90 Å². The number of piperidine rings is 1. The highest BCUT2D eigenvalue weighted by molar-refractivity contribution is 5.96. The minimum atomic E-state index is -0.936. The predicted molar refractivity (Wildman–Crippen MR) is 108 cm³/mol. The quantitative estimate of drug-likeness (QED) is 0.378. The van der Waals surface area contributed by atoms with Gasteiger partial charge >= 0.3 is 5.97 Å². The summed E-state index contributed by atoms with van der Waals surface area (Å²) in [5, 5.41) is 11.5. The van der Waals surface area contributed by atoms with Crippen LogP contribution in [0.15, 0.2) is 12.1 Å². The number of methoxy groups -OCH3 is 1. The van der Waals surface area contributed by atoms with Crippen LogP contribution in [0.3, 0.4) is 0 Å². The third kappa shape index (κ3) is 4.66. The van der Waals surface area contributed by atoms with Gasteiger partial charge in [-0.2, -0.15) is 0 Å². The number of nitrogens with zero attached hydrogens (tertiary/aromatic N) is 2. The van der Waals surface area contributed by atoms with Crippen molar-refractivity contribution in [2.45, 2.75) is 51.5 Å². The molecule has 1 heterocycles. The van der Waals surface area contributed by atoms with Crippen molar-refractivity contribution in [2.75, 3.05) is 26.9 Å². The molecule has 0 aromatic heterocycles. The number of carbonyl (C=O) groups excluding carboxylic acids is 2. The van der Waals surface area contributed by atoms with E-state index in [1.54, 1.807) is 6.92 Å². The van der Waals surface area contributed by atoms with Crippen molar-refractivity contribution >= 4 is 17.6 Å². The molecule has 30 heavy (non-hydrogen) atoms. The molecule has 1 saturated carbocycles. The minimum Gasteiger partial charge on any atom is -0.493 e. The van der Waals surface area contributed by atoms with Gasteiger partial charge in [0.25, 0.3) is 11.6 Å². The molecule has 1 amide bonds. The first kappa shape index (κ1) is 21.9. The van der Waals surface area contributed by atoms with Gasteiger partial charge in [-0.05, 0) is 38.5 Å². The van der Waals surface area contributed by atoms with E-state index in [1.165, 1.54) is 19.6 Å². The fourth-order valence-electron chi connectivity index (χ4n) is 4.51. The number of likely N-dealkylation sites (tertiary alicyclic amines) is 1. The molecule has 1 saturated heterocycles. The molecule has 0 bridgehead atoms. The molecule has 3 rings (SSSR count). The number of rotatable bonds is 7. The topological polar surface area (TPSA) is 108 Å². The van der Waals surface area contributed by atoms with Crippen LogP contribution < -0.4 is 9.47 Å². The number of fused-ring (bicyclic) bond motifs is 1. The molecule has 1 aromatic rings. The summed E-state index contributed by atoms with van der Waals surface area (Å²) in [6.07, 6.45) is 6.48. The first-order valence-electron chi connectivity index (χ1n) is 10.4. The van der Waals surface area contributed by atoms with E-state index in [2.05, 4.69) is 0 Å². The van der Waals surface area contributed by atoms with E-state index in [0.717, 1.165) is 38.2 Å². The highest BCUT2D eigenvalue weighted by Gasteiger charge is 2.36. The lowest BCUT2D eigenvalue weighted by atomic mass is 9.78. The lowest BCUT2D eigenvalue weighted by Crippen LogP contribution is -2.50. The van der Waals surface area contributed by atoms with Gasteiger partial charge in [-0.3, -0.25) is 14.9 Å². The fraction of sp³-hybridized carbons (Fsp3) is 0.619. The molecular weight excluding hydrogens is 392 g/mol. The van der Waals surface area contributed by atoms with Gasteiger partial charge in [-0.25, -0.2) is 4.79 Å². The average Bonchev–Trinajstić information content (AvgIpc) is 2.76. The van der Waals surface area contributed by atoms with Crippen molar-refractivity contribution in [2.24, 2.45) is 5.92 Å². The molecule has 0 spiro atoms. The summed E-state index contributed by atoms with van der Waals surface area (Å²) in [5.74, 6) is -0.324. The number of hydrogen-bond donors (Lipinski definition) is 0. The van der Waals surface area contributed by atoms with Crippen molar-refractivity contribution in [3.63, 3.8) is 0 Å². The molecule has 0 N–H and O–H groups in total. The molecule has 1 aromatic carbocycles. The molecule has 2 fully saturated rings. The summed E-state index contributed by atoms with van der Waals surface area (Å²) >= 11 is 0. The van der Waals surface area contributed by atoms with Crippen molar-refractivity contribution in [3.8, 4) is 11.5 Å². The Kier molecular flexibility index (Phi) is 7.12. The van der Waals surface area contributed by atoms with Gasteiger partial charge in [0.15, 0.2) is 18.1 Å². The number of benzene rings is 1. The number of amides is 1. The highest BCUT2D eigenvalue weighted by Crippen LogP contribution is 2.36. The second-order valence-electron chi connectivity index (χ2n) is 7.63. The molecule has 9 heteroatoms. The van der Waals surface area contributed by atoms with Crippen LogP contribution in [0.2, 0.25) is 0 Å². The lowest BCUT2D eigenvalue weighted by Gasteiger charge is -2.44. The number of hydrogen-bond acceptors (Lipinski definition) is 7. The van der Waals surface area contributed by atoms with Crippen LogP contribution in [0.5, 0.6) is 11.5 Å². The van der Waals surface area contributed by atoms with Gasteiger partial charge in [-0.15, -0.1) is 0 Å². The van der Waals surface area contributed by atoms with Gasteiger partial charge in [0, 0.05) is 18.7 Å². The van der Waals surface area contributed by atoms with Crippen molar-refractivity contribution in [3.05, 3.63) is 27.8 Å². The predicted octanol–water partition coefficient (Wildman–Crippen LogP) is 3.34. The second kappa shape index (κ2) is 9.77. The van der Waals surface area contributed by atoms with E-state index in [0.29, 0.717) is 12.5 Å². The molecule has 2 aliphatic rings. The summed E-state index contributed by atoms with van der Waals surface area (Å²) in [6.45, 7) is 2.24. The fourth-order valence-corrected chi connectivity index (χ4v) is 4.51. The van der Waals surface area contributed by atoms with Crippen LogP contribution in [0.4, 0.5) is 5.69 Å². The lowest BCUT2D eigenvalue weighted by molar-refractivity contribution is -0.385. The molecule has 0 unspecified atom stereocenters. The van der Waals surface area contributed by atoms with Gasteiger partial charge in [0.1, 0.15) is 5.56 Å². The zero-order chi connectivity index (χ0) is 21.7. The smallest absolute Gasteiger partial charge is 0.345 e. The Balaban J connectivity index is 1.72. The van der Waals surface area contributed by atoms with Crippen LogP contribution in [0.25, 0.3) is 0 Å². The summed E-state index contributed by atoms with van der Waals surface area (Å²) < 4.78 is 15.7. The van der Waals surface area contributed by atoms with E-state index in [-0.39, 0.29) is 35.6 Å².